The highest BCUT2D eigenvalue weighted by atomic mass is 15.1. The Labute approximate surface area is 84.9 Å². The Morgan fingerprint density at radius 2 is 2.36 bits per heavy atom. The normalized spacial score (nSPS) is 23.6. The number of nitrogens with zero attached hydrogens (tertiary/aromatic N) is 2. The molecule has 1 aromatic rings. The van der Waals surface area contributed by atoms with Crippen LogP contribution in [-0.2, 0) is 0 Å². The number of rotatable bonds is 1. The Kier molecular flexibility index (Phi) is 2.68. The van der Waals surface area contributed by atoms with Gasteiger partial charge in [0.2, 0.25) is 0 Å². The van der Waals surface area contributed by atoms with Crippen molar-refractivity contribution in [3.05, 3.63) is 24.0 Å². The summed E-state index contributed by atoms with van der Waals surface area (Å²) in [4.78, 5) is 6.51. The minimum atomic E-state index is 0.616. The first kappa shape index (κ1) is 9.46. The predicted molar refractivity (Wildman–Crippen MR) is 58.1 cm³/mol. The number of nitrogen functional groups attached to an aromatic ring is 1. The summed E-state index contributed by atoms with van der Waals surface area (Å²) >= 11 is 0. The molecule has 1 aromatic heterocycles. The van der Waals surface area contributed by atoms with E-state index in [-0.39, 0.29) is 0 Å². The lowest BCUT2D eigenvalue weighted by molar-refractivity contribution is 0.250. The third-order valence-electron chi connectivity index (χ3n) is 2.88. The maximum Gasteiger partial charge on any atom is 0.0503 e. The Hall–Kier alpha value is -1.09. The second-order valence-corrected chi connectivity index (χ2v) is 4.15. The molecule has 2 rings (SSSR count). The first-order chi connectivity index (χ1) is 6.75. The number of aromatic nitrogens is 1. The summed E-state index contributed by atoms with van der Waals surface area (Å²) in [5, 5.41) is 0. The quantitative estimate of drug-likeness (QED) is 0.731. The van der Waals surface area contributed by atoms with Gasteiger partial charge in [0.1, 0.15) is 0 Å². The molecule has 0 aromatic carbocycles. The SMILES string of the molecule is CN1CCCC(c2cncc(N)c2)C1. The molecule has 1 fully saturated rings. The number of pyridine rings is 1. The van der Waals surface area contributed by atoms with Crippen molar-refractivity contribution in [1.82, 2.24) is 9.88 Å². The van der Waals surface area contributed by atoms with E-state index in [2.05, 4.69) is 23.0 Å². The van der Waals surface area contributed by atoms with Crippen molar-refractivity contribution < 1.29 is 0 Å². The zero-order valence-corrected chi connectivity index (χ0v) is 8.61. The van der Waals surface area contributed by atoms with Crippen LogP contribution < -0.4 is 5.73 Å². The molecule has 3 heteroatoms. The summed E-state index contributed by atoms with van der Waals surface area (Å²) in [6.07, 6.45) is 6.18. The fourth-order valence-corrected chi connectivity index (χ4v) is 2.14. The lowest BCUT2D eigenvalue weighted by Gasteiger charge is -2.29. The van der Waals surface area contributed by atoms with Gasteiger partial charge in [-0.1, -0.05) is 0 Å². The lowest BCUT2D eigenvalue weighted by Crippen LogP contribution is -2.30. The Bertz CT molecular complexity index is 311. The first-order valence-corrected chi connectivity index (χ1v) is 5.14. The van der Waals surface area contributed by atoms with Crippen molar-refractivity contribution in [3.63, 3.8) is 0 Å². The third kappa shape index (κ3) is 2.04. The van der Waals surface area contributed by atoms with Crippen LogP contribution in [0.5, 0.6) is 0 Å². The number of piperidine rings is 1. The van der Waals surface area contributed by atoms with Gasteiger partial charge >= 0.3 is 0 Å². The van der Waals surface area contributed by atoms with Crippen molar-refractivity contribution in [1.29, 1.82) is 0 Å². The molecule has 0 spiro atoms. The molecule has 76 valence electrons. The van der Waals surface area contributed by atoms with Crippen LogP contribution in [0.3, 0.4) is 0 Å². The zero-order chi connectivity index (χ0) is 9.97. The molecule has 3 nitrogen and oxygen atoms in total. The number of hydrogen-bond donors (Lipinski definition) is 1. The topological polar surface area (TPSA) is 42.2 Å². The van der Waals surface area contributed by atoms with Gasteiger partial charge in [0.15, 0.2) is 0 Å². The molecule has 1 saturated heterocycles. The smallest absolute Gasteiger partial charge is 0.0503 e. The van der Waals surface area contributed by atoms with Gasteiger partial charge in [-0.05, 0) is 44.0 Å². The highest BCUT2D eigenvalue weighted by Gasteiger charge is 2.18. The molecule has 2 heterocycles. The molecule has 1 atom stereocenters. The van der Waals surface area contributed by atoms with Crippen molar-refractivity contribution in [2.24, 2.45) is 0 Å². The average Bonchev–Trinajstić information content (AvgIpc) is 2.18. The van der Waals surface area contributed by atoms with Crippen LogP contribution in [-0.4, -0.2) is 30.0 Å². The number of anilines is 1. The Morgan fingerprint density at radius 3 is 3.07 bits per heavy atom. The van der Waals surface area contributed by atoms with Crippen LogP contribution in [0.4, 0.5) is 5.69 Å². The zero-order valence-electron chi connectivity index (χ0n) is 8.61. The summed E-state index contributed by atoms with van der Waals surface area (Å²) in [6.45, 7) is 2.34. The van der Waals surface area contributed by atoms with E-state index in [1.165, 1.54) is 24.9 Å². The van der Waals surface area contributed by atoms with E-state index in [9.17, 15) is 0 Å². The van der Waals surface area contributed by atoms with Gasteiger partial charge in [0.05, 0.1) is 5.69 Å². The molecular formula is C11H17N3. The second-order valence-electron chi connectivity index (χ2n) is 4.15. The number of nitrogens with two attached hydrogens (primary N) is 1. The molecule has 0 aliphatic carbocycles. The summed E-state index contributed by atoms with van der Waals surface area (Å²) in [6, 6.07) is 2.05. The molecule has 14 heavy (non-hydrogen) atoms. The van der Waals surface area contributed by atoms with Crippen LogP contribution in [0.1, 0.15) is 24.3 Å². The summed E-state index contributed by atoms with van der Waals surface area (Å²) in [5.74, 6) is 0.616. The van der Waals surface area contributed by atoms with E-state index in [0.717, 1.165) is 12.2 Å². The van der Waals surface area contributed by atoms with Crippen LogP contribution in [0.15, 0.2) is 18.5 Å². The molecule has 0 amide bonds. The largest absolute Gasteiger partial charge is 0.397 e. The van der Waals surface area contributed by atoms with Crippen LogP contribution >= 0.6 is 0 Å². The van der Waals surface area contributed by atoms with Gasteiger partial charge in [0, 0.05) is 18.9 Å². The number of hydrogen-bond acceptors (Lipinski definition) is 3. The van der Waals surface area contributed by atoms with Crippen LogP contribution in [0.25, 0.3) is 0 Å². The van der Waals surface area contributed by atoms with Crippen molar-refractivity contribution in [3.8, 4) is 0 Å². The summed E-state index contributed by atoms with van der Waals surface area (Å²) in [7, 11) is 2.17. The molecule has 1 aliphatic rings. The predicted octanol–water partition coefficient (Wildman–Crippen LogP) is 1.47. The molecular weight excluding hydrogens is 174 g/mol. The van der Waals surface area contributed by atoms with Gasteiger partial charge in [-0.25, -0.2) is 0 Å². The fraction of sp³-hybridized carbons (Fsp3) is 0.545. The van der Waals surface area contributed by atoms with Gasteiger partial charge in [0.25, 0.3) is 0 Å². The molecule has 0 saturated carbocycles. The van der Waals surface area contributed by atoms with Crippen molar-refractivity contribution >= 4 is 5.69 Å². The van der Waals surface area contributed by atoms with Crippen LogP contribution in [0.2, 0.25) is 0 Å². The average molecular weight is 191 g/mol. The van der Waals surface area contributed by atoms with Gasteiger partial charge < -0.3 is 10.6 Å². The lowest BCUT2D eigenvalue weighted by atomic mass is 9.92. The van der Waals surface area contributed by atoms with Gasteiger partial charge in [-0.3, -0.25) is 4.98 Å². The van der Waals surface area contributed by atoms with E-state index in [1.807, 2.05) is 6.20 Å². The highest BCUT2D eigenvalue weighted by Crippen LogP contribution is 2.26. The standard InChI is InChI=1S/C11H17N3/c1-14-4-2-3-9(8-14)10-5-11(12)7-13-6-10/h5-7,9H,2-4,8,12H2,1H3. The number of likely N-dealkylation sites (tertiary alicyclic amines) is 1. The van der Waals surface area contributed by atoms with Crippen LogP contribution in [0, 0.1) is 0 Å². The maximum atomic E-state index is 5.72. The molecule has 0 bridgehead atoms. The van der Waals surface area contributed by atoms with Crippen molar-refractivity contribution in [2.45, 2.75) is 18.8 Å². The monoisotopic (exact) mass is 191 g/mol. The van der Waals surface area contributed by atoms with Gasteiger partial charge in [-0.2, -0.15) is 0 Å². The van der Waals surface area contributed by atoms with E-state index < -0.39 is 0 Å². The van der Waals surface area contributed by atoms with Crippen molar-refractivity contribution in [2.75, 3.05) is 25.9 Å². The van der Waals surface area contributed by atoms with E-state index in [1.54, 1.807) is 6.20 Å². The van der Waals surface area contributed by atoms with E-state index in [0.29, 0.717) is 5.92 Å². The number of likely N-dealkylation sites (N-methyl/N-ethyl adjacent to an activating group) is 1. The Balaban J connectivity index is 2.14. The maximum absolute atomic E-state index is 5.72. The van der Waals surface area contributed by atoms with Gasteiger partial charge in [-0.15, -0.1) is 0 Å². The molecule has 0 radical (unpaired) electrons. The molecule has 2 N–H and O–H groups in total. The second kappa shape index (κ2) is 3.96. The minimum Gasteiger partial charge on any atom is -0.397 e. The third-order valence-corrected chi connectivity index (χ3v) is 2.88. The summed E-state index contributed by atoms with van der Waals surface area (Å²) in [5.41, 5.74) is 7.79. The van der Waals surface area contributed by atoms with E-state index >= 15 is 0 Å². The Morgan fingerprint density at radius 1 is 1.50 bits per heavy atom. The first-order valence-electron chi connectivity index (χ1n) is 5.14. The molecule has 1 aliphatic heterocycles. The van der Waals surface area contributed by atoms with E-state index in [4.69, 9.17) is 5.73 Å². The summed E-state index contributed by atoms with van der Waals surface area (Å²) < 4.78 is 0. The minimum absolute atomic E-state index is 0.616. The fourth-order valence-electron chi connectivity index (χ4n) is 2.14. The molecule has 1 unspecified atom stereocenters. The highest BCUT2D eigenvalue weighted by molar-refractivity contribution is 5.38.